The fraction of sp³-hybridized carbons (Fsp3) is 0.231. The van der Waals surface area contributed by atoms with Crippen molar-refractivity contribution < 1.29 is 28.0 Å². The first-order valence-electron chi connectivity index (χ1n) is 21.1. The minimum absolute atomic E-state index is 0.0713. The van der Waals surface area contributed by atoms with Crippen molar-refractivity contribution in [2.45, 2.75) is 50.9 Å². The fourth-order valence-electron chi connectivity index (χ4n) is 9.78. The molecule has 6 aromatic rings. The molecule has 6 aromatic carbocycles. The maximum absolute atomic E-state index is 13.6. The van der Waals surface area contributed by atoms with E-state index in [-0.39, 0.29) is 35.3 Å². The molecule has 2 saturated heterocycles. The molecule has 10 rings (SSSR count). The van der Waals surface area contributed by atoms with E-state index in [1.165, 1.54) is 59.7 Å². The van der Waals surface area contributed by atoms with Gasteiger partial charge in [0.1, 0.15) is 11.6 Å². The van der Waals surface area contributed by atoms with E-state index < -0.39 is 11.3 Å². The van der Waals surface area contributed by atoms with E-state index in [1.54, 1.807) is 19.6 Å². The van der Waals surface area contributed by atoms with Gasteiger partial charge < -0.3 is 19.6 Å². The minimum atomic E-state index is -1.01. The molecule has 4 heterocycles. The van der Waals surface area contributed by atoms with E-state index >= 15 is 0 Å². The molecule has 4 aliphatic rings. The molecule has 312 valence electrons. The monoisotopic (exact) mass is 828 g/mol. The van der Waals surface area contributed by atoms with Gasteiger partial charge in [0.2, 0.25) is 0 Å². The molecule has 4 aliphatic heterocycles. The number of benzene rings is 6. The highest BCUT2D eigenvalue weighted by molar-refractivity contribution is 6.05. The summed E-state index contributed by atoms with van der Waals surface area (Å²) in [4.78, 5) is 61.0. The van der Waals surface area contributed by atoms with Crippen LogP contribution in [0.5, 0.6) is 0 Å². The Kier molecular flexibility index (Phi) is 10.1. The van der Waals surface area contributed by atoms with Gasteiger partial charge in [-0.15, -0.1) is 0 Å². The Labute approximate surface area is 360 Å². The maximum atomic E-state index is 13.6. The van der Waals surface area contributed by atoms with Gasteiger partial charge in [0, 0.05) is 70.7 Å². The third kappa shape index (κ3) is 6.14. The van der Waals surface area contributed by atoms with Gasteiger partial charge in [0.15, 0.2) is 11.3 Å². The van der Waals surface area contributed by atoms with E-state index in [2.05, 4.69) is 52.0 Å². The molecule has 0 spiro atoms. The van der Waals surface area contributed by atoms with Crippen molar-refractivity contribution in [1.29, 1.82) is 0 Å². The van der Waals surface area contributed by atoms with Crippen molar-refractivity contribution >= 4 is 23.6 Å². The predicted octanol–water partition coefficient (Wildman–Crippen LogP) is 9.52. The normalized spacial score (nSPS) is 19.7. The first-order chi connectivity index (χ1) is 29.9. The summed E-state index contributed by atoms with van der Waals surface area (Å²) >= 11 is 0. The Hall–Kier alpha value is -6.94. The Morgan fingerprint density at radius 2 is 0.806 bits per heavy atom. The van der Waals surface area contributed by atoms with Gasteiger partial charge in [0.25, 0.3) is 23.6 Å². The standard InChI is InChI=1S/2C26H23FN2O2/c2*1-17(2)18-7-11-20(12-8-18)26-23-6-4-3-5-22(23)25(31)29(26)16-15-28(26)24(30)19-9-13-21(27)14-10-19/h2*3-14,17H,15-16H2,1-2H3. The minimum Gasteiger partial charge on any atom is -0.306 e. The summed E-state index contributed by atoms with van der Waals surface area (Å²) in [6.07, 6.45) is 0. The first-order valence-corrected chi connectivity index (χ1v) is 21.1. The van der Waals surface area contributed by atoms with Crippen LogP contribution < -0.4 is 0 Å². The molecule has 2 fully saturated rings. The number of halogens is 2. The van der Waals surface area contributed by atoms with E-state index in [0.717, 1.165) is 22.3 Å². The second kappa shape index (κ2) is 15.5. The predicted molar refractivity (Wildman–Crippen MR) is 232 cm³/mol. The van der Waals surface area contributed by atoms with Crippen molar-refractivity contribution in [1.82, 2.24) is 19.6 Å². The molecule has 0 N–H and O–H groups in total. The summed E-state index contributed by atoms with van der Waals surface area (Å²) in [6.45, 7) is 10.2. The number of hydrogen-bond donors (Lipinski definition) is 0. The lowest BCUT2D eigenvalue weighted by Crippen LogP contribution is -2.51. The number of fused-ring (bicyclic) bond motifs is 6. The molecule has 2 atom stereocenters. The quantitative estimate of drug-likeness (QED) is 0.168. The molecular weight excluding hydrogens is 783 g/mol. The zero-order valence-corrected chi connectivity index (χ0v) is 35.0. The molecule has 0 radical (unpaired) electrons. The molecule has 0 saturated carbocycles. The zero-order chi connectivity index (χ0) is 43.5. The second-order valence-corrected chi connectivity index (χ2v) is 16.8. The van der Waals surface area contributed by atoms with Gasteiger partial charge >= 0.3 is 0 Å². The Balaban J connectivity index is 0.000000158. The highest BCUT2D eigenvalue weighted by atomic mass is 19.1. The van der Waals surface area contributed by atoms with Gasteiger partial charge in [-0.3, -0.25) is 19.2 Å². The number of rotatable bonds is 6. The average Bonchev–Trinajstić information content (AvgIpc) is 4.02. The second-order valence-electron chi connectivity index (χ2n) is 16.8. The van der Waals surface area contributed by atoms with Crippen LogP contribution in [-0.2, 0) is 11.3 Å². The average molecular weight is 829 g/mol. The van der Waals surface area contributed by atoms with Gasteiger partial charge in [-0.25, -0.2) is 8.78 Å². The van der Waals surface area contributed by atoms with Crippen LogP contribution in [0.3, 0.4) is 0 Å². The summed E-state index contributed by atoms with van der Waals surface area (Å²) < 4.78 is 26.9. The third-order valence-electron chi connectivity index (χ3n) is 12.8. The SMILES string of the molecule is CC(C)c1ccc(C23c4ccccc4C(=O)N2CCN3C(=O)c2ccc(F)cc2)cc1.CC(C)c1ccc(C23c4ccccc4C(=O)N2CCN3C(=O)c2ccc(F)cc2)cc1. The van der Waals surface area contributed by atoms with Crippen LogP contribution in [-0.4, -0.2) is 69.4 Å². The largest absolute Gasteiger partial charge is 0.306 e. The highest BCUT2D eigenvalue weighted by Crippen LogP contribution is 2.52. The summed E-state index contributed by atoms with van der Waals surface area (Å²) in [5.41, 5.74) is 5.79. The lowest BCUT2D eigenvalue weighted by atomic mass is 9.88. The van der Waals surface area contributed by atoms with Gasteiger partial charge in [-0.2, -0.15) is 0 Å². The lowest BCUT2D eigenvalue weighted by molar-refractivity contribution is 0.0362. The first kappa shape index (κ1) is 40.5. The number of carbonyl (C=O) groups is 4. The third-order valence-corrected chi connectivity index (χ3v) is 12.8. The van der Waals surface area contributed by atoms with Crippen molar-refractivity contribution in [3.63, 3.8) is 0 Å². The van der Waals surface area contributed by atoms with Crippen LogP contribution in [0.25, 0.3) is 0 Å². The molecule has 2 unspecified atom stereocenters. The molecule has 0 aromatic heterocycles. The number of amides is 4. The summed E-state index contributed by atoms with van der Waals surface area (Å²) in [6, 6.07) is 42.5. The van der Waals surface area contributed by atoms with E-state index in [4.69, 9.17) is 0 Å². The summed E-state index contributed by atoms with van der Waals surface area (Å²) in [7, 11) is 0. The summed E-state index contributed by atoms with van der Waals surface area (Å²) in [5, 5.41) is 0. The molecule has 0 aliphatic carbocycles. The smallest absolute Gasteiger partial charge is 0.256 e. The van der Waals surface area contributed by atoms with Gasteiger partial charge in [0.05, 0.1) is 0 Å². The zero-order valence-electron chi connectivity index (χ0n) is 35.0. The van der Waals surface area contributed by atoms with Gasteiger partial charge in [-0.05, 0) is 83.6 Å². The van der Waals surface area contributed by atoms with E-state index in [9.17, 15) is 28.0 Å². The number of hydrogen-bond acceptors (Lipinski definition) is 4. The molecule has 62 heavy (non-hydrogen) atoms. The number of nitrogens with zero attached hydrogens (tertiary/aromatic N) is 4. The van der Waals surface area contributed by atoms with Crippen molar-refractivity contribution in [2.75, 3.05) is 26.2 Å². The fourth-order valence-corrected chi connectivity index (χ4v) is 9.78. The Bertz CT molecular complexity index is 2530. The Morgan fingerprint density at radius 1 is 0.468 bits per heavy atom. The molecular formula is C52H46F2N4O4. The molecule has 0 bridgehead atoms. The van der Waals surface area contributed by atoms with Crippen molar-refractivity contribution in [2.24, 2.45) is 0 Å². The van der Waals surface area contributed by atoms with Crippen LogP contribution in [0, 0.1) is 11.6 Å². The Morgan fingerprint density at radius 3 is 1.15 bits per heavy atom. The molecule has 4 amide bonds. The van der Waals surface area contributed by atoms with Crippen LogP contribution in [0.2, 0.25) is 0 Å². The van der Waals surface area contributed by atoms with Gasteiger partial charge in [-0.1, -0.05) is 113 Å². The molecule has 8 nitrogen and oxygen atoms in total. The topological polar surface area (TPSA) is 81.2 Å². The van der Waals surface area contributed by atoms with Crippen LogP contribution in [0.15, 0.2) is 146 Å². The van der Waals surface area contributed by atoms with Crippen LogP contribution >= 0.6 is 0 Å². The lowest BCUT2D eigenvalue weighted by Gasteiger charge is -2.40. The van der Waals surface area contributed by atoms with Crippen molar-refractivity contribution in [3.8, 4) is 0 Å². The van der Waals surface area contributed by atoms with E-state index in [0.29, 0.717) is 60.3 Å². The maximum Gasteiger partial charge on any atom is 0.256 e. The van der Waals surface area contributed by atoms with E-state index in [1.807, 2.05) is 72.8 Å². The van der Waals surface area contributed by atoms with Crippen LogP contribution in [0.4, 0.5) is 8.78 Å². The highest BCUT2D eigenvalue weighted by Gasteiger charge is 2.61. The van der Waals surface area contributed by atoms with Crippen LogP contribution in [0.1, 0.15) is 114 Å². The van der Waals surface area contributed by atoms with Crippen molar-refractivity contribution in [3.05, 3.63) is 213 Å². The molecule has 10 heteroatoms. The number of carbonyl (C=O) groups excluding carboxylic acids is 4. The summed E-state index contributed by atoms with van der Waals surface area (Å²) in [5.74, 6) is -0.614.